The molecule has 5 N–H and O–H groups in total. The predicted octanol–water partition coefficient (Wildman–Crippen LogP) is 6.16. The number of aromatic hydroxyl groups is 1. The fourth-order valence-corrected chi connectivity index (χ4v) is 8.73. The van der Waals surface area contributed by atoms with Gasteiger partial charge in [-0.25, -0.2) is 4.79 Å². The molecule has 6 aromatic rings. The number of aliphatic hydroxyl groups is 2. The molecule has 2 fully saturated rings. The molecule has 0 aliphatic carbocycles. The number of benzene rings is 4. The van der Waals surface area contributed by atoms with Crippen molar-refractivity contribution in [3.8, 4) is 16.9 Å². The number of fused-ring (bicyclic) bond motifs is 1. The Hall–Kier alpha value is -6.18. The molecule has 2 aromatic heterocycles. The highest BCUT2D eigenvalue weighted by molar-refractivity contribution is 5.93. The lowest BCUT2D eigenvalue weighted by Gasteiger charge is -2.33. The Bertz CT molecular complexity index is 2520. The van der Waals surface area contributed by atoms with Crippen LogP contribution in [0.15, 0.2) is 132 Å². The lowest BCUT2D eigenvalue weighted by molar-refractivity contribution is -0.164. The second-order valence-electron chi connectivity index (χ2n) is 16.6. The molecular formula is C50H53N5O7. The lowest BCUT2D eigenvalue weighted by Crippen LogP contribution is -2.41. The summed E-state index contributed by atoms with van der Waals surface area (Å²) >= 11 is 0. The molecule has 2 atom stereocenters. The van der Waals surface area contributed by atoms with Crippen molar-refractivity contribution in [2.45, 2.75) is 43.9 Å². The first-order valence-electron chi connectivity index (χ1n) is 21.5. The van der Waals surface area contributed by atoms with Gasteiger partial charge in [0.2, 0.25) is 11.2 Å². The molecule has 8 rings (SSSR count). The van der Waals surface area contributed by atoms with Crippen LogP contribution in [0.5, 0.6) is 5.75 Å². The molecule has 2 aliphatic heterocycles. The number of carbonyl (C=O) groups is 2. The number of pyridine rings is 2. The fraction of sp³-hybridized carbons (Fsp3) is 0.320. The number of nitrogens with one attached hydrogen (secondary N) is 2. The summed E-state index contributed by atoms with van der Waals surface area (Å²) in [5.74, 6) is -0.394. The molecule has 4 heterocycles. The molecule has 1 amide bonds. The minimum absolute atomic E-state index is 0.0513. The van der Waals surface area contributed by atoms with E-state index in [1.54, 1.807) is 66.9 Å². The highest BCUT2D eigenvalue weighted by Gasteiger charge is 2.42. The first-order chi connectivity index (χ1) is 30.2. The van der Waals surface area contributed by atoms with E-state index in [0.29, 0.717) is 65.4 Å². The number of aliphatic hydroxyl groups excluding tert-OH is 1. The Morgan fingerprint density at radius 3 is 2.24 bits per heavy atom. The molecule has 12 heteroatoms. The predicted molar refractivity (Wildman–Crippen MR) is 237 cm³/mol. The highest BCUT2D eigenvalue weighted by Crippen LogP contribution is 2.35. The van der Waals surface area contributed by atoms with Crippen molar-refractivity contribution in [3.05, 3.63) is 166 Å². The third-order valence-corrected chi connectivity index (χ3v) is 12.4. The number of aromatic amines is 1. The molecule has 4 aromatic carbocycles. The van der Waals surface area contributed by atoms with E-state index in [9.17, 15) is 29.7 Å². The first kappa shape index (κ1) is 42.5. The van der Waals surface area contributed by atoms with Gasteiger partial charge in [-0.1, -0.05) is 91.0 Å². The monoisotopic (exact) mass is 835 g/mol. The number of amides is 1. The van der Waals surface area contributed by atoms with E-state index in [2.05, 4.69) is 44.5 Å². The lowest BCUT2D eigenvalue weighted by atomic mass is 9.85. The van der Waals surface area contributed by atoms with Gasteiger partial charge in [-0.3, -0.25) is 19.5 Å². The third-order valence-electron chi connectivity index (χ3n) is 12.4. The number of rotatable bonds is 14. The minimum Gasteiger partial charge on any atom is -0.506 e. The maximum Gasteiger partial charge on any atom is 0.347 e. The maximum atomic E-state index is 14.0. The number of likely N-dealkylation sites (tertiary alicyclic amines) is 2. The Balaban J connectivity index is 0.851. The van der Waals surface area contributed by atoms with Crippen molar-refractivity contribution in [2.75, 3.05) is 45.9 Å². The van der Waals surface area contributed by atoms with E-state index in [-0.39, 0.29) is 29.7 Å². The van der Waals surface area contributed by atoms with Crippen LogP contribution >= 0.6 is 0 Å². The summed E-state index contributed by atoms with van der Waals surface area (Å²) in [6.07, 6.45) is 4.20. The van der Waals surface area contributed by atoms with Crippen molar-refractivity contribution in [3.63, 3.8) is 0 Å². The summed E-state index contributed by atoms with van der Waals surface area (Å²) in [5, 5.41) is 37.3. The van der Waals surface area contributed by atoms with Crippen LogP contribution in [-0.2, 0) is 21.7 Å². The summed E-state index contributed by atoms with van der Waals surface area (Å²) in [7, 11) is 0. The number of phenols is 1. The van der Waals surface area contributed by atoms with Gasteiger partial charge in [0.25, 0.3) is 5.91 Å². The standard InChI is InChI=1S/C50H53N5O7/c56-44-18-15-41(42-16-19-46(58)53-47(42)44)45(57)31-51-29-34-22-26-55(27-23-34)48(59)43-17-14-38(30-52-43)37-10-7-13-40(28-37)50(61,39-11-5-2-6-12-39)49(60)62-33-36-20-24-54(25-21-36)32-35-8-3-1-4-9-35/h1-19,28,30,34,36,45,51,56-57,61H,20-27,29,31-33H2,(H,53,58). The zero-order valence-electron chi connectivity index (χ0n) is 34.7. The van der Waals surface area contributed by atoms with Crippen LogP contribution in [0.2, 0.25) is 0 Å². The second-order valence-corrected chi connectivity index (χ2v) is 16.6. The van der Waals surface area contributed by atoms with Crippen LogP contribution in [0.1, 0.15) is 64.5 Å². The number of piperidine rings is 2. The quantitative estimate of drug-likeness (QED) is 0.0802. The van der Waals surface area contributed by atoms with Crippen LogP contribution in [-0.4, -0.2) is 92.8 Å². The molecule has 0 saturated carbocycles. The summed E-state index contributed by atoms with van der Waals surface area (Å²) in [5.41, 5.74) is 2.41. The molecule has 2 unspecified atom stereocenters. The molecule has 0 spiro atoms. The van der Waals surface area contributed by atoms with Gasteiger partial charge < -0.3 is 35.3 Å². The summed E-state index contributed by atoms with van der Waals surface area (Å²) < 4.78 is 5.93. The van der Waals surface area contributed by atoms with Crippen molar-refractivity contribution in [1.82, 2.24) is 25.1 Å². The zero-order valence-corrected chi connectivity index (χ0v) is 34.7. The normalized spacial score (nSPS) is 16.8. The second kappa shape index (κ2) is 19.3. The molecule has 2 aliphatic rings. The molecule has 0 bridgehead atoms. The summed E-state index contributed by atoms with van der Waals surface area (Å²) in [6.45, 7) is 5.09. The number of H-pyrrole nitrogens is 1. The van der Waals surface area contributed by atoms with E-state index in [1.807, 2.05) is 29.2 Å². The van der Waals surface area contributed by atoms with Crippen molar-refractivity contribution >= 4 is 22.8 Å². The number of carbonyl (C=O) groups excluding carboxylic acids is 2. The number of esters is 1. The van der Waals surface area contributed by atoms with Gasteiger partial charge in [-0.2, -0.15) is 0 Å². The molecule has 12 nitrogen and oxygen atoms in total. The van der Waals surface area contributed by atoms with Crippen LogP contribution in [0, 0.1) is 11.8 Å². The molecule has 62 heavy (non-hydrogen) atoms. The smallest absolute Gasteiger partial charge is 0.347 e. The minimum atomic E-state index is -2.04. The Labute approximate surface area is 360 Å². The SMILES string of the molecule is O=C(c1ccc(-c2cccc(C(O)(C(=O)OCC3CCN(Cc4ccccc4)CC3)c3ccccc3)c2)cn1)N1CCC(CNCC(O)c2ccc(O)c3[nH]c(=O)ccc23)CC1. The van der Waals surface area contributed by atoms with Gasteiger partial charge in [-0.15, -0.1) is 0 Å². The van der Waals surface area contributed by atoms with E-state index < -0.39 is 17.7 Å². The van der Waals surface area contributed by atoms with E-state index in [4.69, 9.17) is 4.74 Å². The van der Waals surface area contributed by atoms with Crippen molar-refractivity contribution < 1.29 is 29.6 Å². The Morgan fingerprint density at radius 2 is 1.52 bits per heavy atom. The topological polar surface area (TPSA) is 168 Å². The number of ether oxygens (including phenoxy) is 1. The number of hydrogen-bond acceptors (Lipinski definition) is 10. The Morgan fingerprint density at radius 1 is 0.806 bits per heavy atom. The summed E-state index contributed by atoms with van der Waals surface area (Å²) in [6, 6.07) is 36.1. The number of nitrogens with zero attached hydrogens (tertiary/aromatic N) is 3. The van der Waals surface area contributed by atoms with Crippen LogP contribution in [0.4, 0.5) is 0 Å². The van der Waals surface area contributed by atoms with Gasteiger partial charge in [0, 0.05) is 55.0 Å². The van der Waals surface area contributed by atoms with Gasteiger partial charge in [0.1, 0.15) is 11.4 Å². The average Bonchev–Trinajstić information content (AvgIpc) is 3.32. The summed E-state index contributed by atoms with van der Waals surface area (Å²) in [4.78, 5) is 50.7. The maximum absolute atomic E-state index is 14.0. The van der Waals surface area contributed by atoms with Crippen molar-refractivity contribution in [2.24, 2.45) is 11.8 Å². The van der Waals surface area contributed by atoms with E-state index >= 15 is 0 Å². The van der Waals surface area contributed by atoms with Gasteiger partial charge in [0.15, 0.2) is 0 Å². The van der Waals surface area contributed by atoms with E-state index in [1.165, 1.54) is 17.7 Å². The number of phenolic OH excluding ortho intramolecular Hbond substituents is 1. The largest absolute Gasteiger partial charge is 0.506 e. The van der Waals surface area contributed by atoms with Crippen molar-refractivity contribution in [1.29, 1.82) is 0 Å². The molecule has 320 valence electrons. The molecule has 2 saturated heterocycles. The molecular weight excluding hydrogens is 783 g/mol. The fourth-order valence-electron chi connectivity index (χ4n) is 8.73. The number of hydrogen-bond donors (Lipinski definition) is 5. The third kappa shape index (κ3) is 9.64. The van der Waals surface area contributed by atoms with Gasteiger partial charge >= 0.3 is 5.97 Å². The van der Waals surface area contributed by atoms with Gasteiger partial charge in [-0.05, 0) is 104 Å². The van der Waals surface area contributed by atoms with Crippen LogP contribution < -0.4 is 10.9 Å². The van der Waals surface area contributed by atoms with Crippen LogP contribution in [0.25, 0.3) is 22.0 Å². The van der Waals surface area contributed by atoms with Crippen LogP contribution in [0.3, 0.4) is 0 Å². The first-order valence-corrected chi connectivity index (χ1v) is 21.5. The number of aromatic nitrogens is 2. The Kier molecular flexibility index (Phi) is 13.2. The highest BCUT2D eigenvalue weighted by atomic mass is 16.5. The zero-order chi connectivity index (χ0) is 43.1. The van der Waals surface area contributed by atoms with Gasteiger partial charge in [0.05, 0.1) is 18.2 Å². The van der Waals surface area contributed by atoms with E-state index in [0.717, 1.165) is 56.4 Å². The molecule has 0 radical (unpaired) electrons. The average molecular weight is 836 g/mol.